The Kier molecular flexibility index (Phi) is 4.04. The van der Waals surface area contributed by atoms with Crippen LogP contribution in [0.15, 0.2) is 72.4 Å². The van der Waals surface area contributed by atoms with Crippen LogP contribution >= 0.6 is 11.3 Å². The molecule has 0 fully saturated rings. The summed E-state index contributed by atoms with van der Waals surface area (Å²) in [4.78, 5) is 15.5. The molecule has 0 spiro atoms. The van der Waals surface area contributed by atoms with E-state index in [1.807, 2.05) is 30.5 Å². The molecule has 2 aromatic heterocycles. The number of anilines is 1. The maximum absolute atomic E-state index is 11.3. The van der Waals surface area contributed by atoms with Crippen LogP contribution in [0.3, 0.4) is 0 Å². The van der Waals surface area contributed by atoms with Crippen molar-refractivity contribution in [2.24, 2.45) is 0 Å². The van der Waals surface area contributed by atoms with E-state index < -0.39 is 0 Å². The van der Waals surface area contributed by atoms with Crippen LogP contribution in [0.5, 0.6) is 0 Å². The highest BCUT2D eigenvalue weighted by molar-refractivity contribution is 7.17. The molecule has 1 N–H and O–H groups in total. The maximum Gasteiger partial charge on any atom is 0.221 e. The van der Waals surface area contributed by atoms with Crippen LogP contribution in [0.4, 0.5) is 5.69 Å². The Hall–Kier alpha value is -2.98. The minimum Gasteiger partial charge on any atom is -0.326 e. The number of carbonyl (C=O) groups is 1. The van der Waals surface area contributed by atoms with E-state index in [0.717, 1.165) is 22.4 Å². The van der Waals surface area contributed by atoms with E-state index in [-0.39, 0.29) is 5.91 Å². The highest BCUT2D eigenvalue weighted by Crippen LogP contribution is 2.36. The molecule has 0 unspecified atom stereocenters. The number of rotatable bonds is 3. The molecular weight excluding hydrogens is 328 g/mol. The zero-order valence-electron chi connectivity index (χ0n) is 13.7. The molecule has 0 bridgehead atoms. The second-order valence-electron chi connectivity index (χ2n) is 5.86. The van der Waals surface area contributed by atoms with Crippen LogP contribution in [0, 0.1) is 0 Å². The predicted octanol–water partition coefficient (Wildman–Crippen LogP) is 5.59. The van der Waals surface area contributed by atoms with E-state index in [9.17, 15) is 4.79 Å². The third-order valence-corrected chi connectivity index (χ3v) is 5.01. The molecule has 0 atom stereocenters. The van der Waals surface area contributed by atoms with Crippen molar-refractivity contribution in [3.05, 3.63) is 72.4 Å². The quantitative estimate of drug-likeness (QED) is 0.526. The molecule has 0 aliphatic carbocycles. The van der Waals surface area contributed by atoms with E-state index >= 15 is 0 Å². The Bertz CT molecular complexity index is 1050. The van der Waals surface area contributed by atoms with Crippen LogP contribution < -0.4 is 5.32 Å². The van der Waals surface area contributed by atoms with E-state index in [0.29, 0.717) is 0 Å². The van der Waals surface area contributed by atoms with Crippen LogP contribution in [-0.4, -0.2) is 10.9 Å². The monoisotopic (exact) mass is 344 g/mol. The number of pyridine rings is 1. The van der Waals surface area contributed by atoms with Crippen LogP contribution in [0.2, 0.25) is 0 Å². The first-order valence-electron chi connectivity index (χ1n) is 8.00. The minimum absolute atomic E-state index is 0.0630. The number of aromatic nitrogens is 1. The molecule has 1 amide bonds. The molecule has 0 aliphatic rings. The second-order valence-corrected chi connectivity index (χ2v) is 6.78. The third-order valence-electron chi connectivity index (χ3n) is 4.06. The van der Waals surface area contributed by atoms with Gasteiger partial charge in [0.2, 0.25) is 5.91 Å². The lowest BCUT2D eigenvalue weighted by molar-refractivity contribution is -0.114. The van der Waals surface area contributed by atoms with Crippen molar-refractivity contribution < 1.29 is 4.79 Å². The van der Waals surface area contributed by atoms with Gasteiger partial charge in [-0.05, 0) is 40.8 Å². The molecule has 4 heteroatoms. The Morgan fingerprint density at radius 3 is 2.64 bits per heavy atom. The Morgan fingerprint density at radius 2 is 1.84 bits per heavy atom. The molecule has 3 nitrogen and oxygen atoms in total. The Labute approximate surface area is 150 Å². The number of carbonyl (C=O) groups excluding carboxylic acids is 1. The van der Waals surface area contributed by atoms with Gasteiger partial charge in [0, 0.05) is 46.2 Å². The smallest absolute Gasteiger partial charge is 0.221 e. The highest BCUT2D eigenvalue weighted by atomic mass is 32.1. The zero-order chi connectivity index (χ0) is 17.2. The Morgan fingerprint density at radius 1 is 1.00 bits per heavy atom. The standard InChI is InChI=1S/C21H16N2OS/c1-14(24)23-18-6-2-4-15(10-18)16-7-8-19-20(13-25-21(19)11-16)17-5-3-9-22-12-17/h2-13H,1H3,(H,23,24). The lowest BCUT2D eigenvalue weighted by Crippen LogP contribution is -2.05. The first-order chi connectivity index (χ1) is 12.2. The summed E-state index contributed by atoms with van der Waals surface area (Å²) in [6.45, 7) is 1.52. The van der Waals surface area contributed by atoms with Gasteiger partial charge in [0.15, 0.2) is 0 Å². The molecule has 25 heavy (non-hydrogen) atoms. The molecule has 2 heterocycles. The van der Waals surface area contributed by atoms with Gasteiger partial charge in [-0.3, -0.25) is 9.78 Å². The first-order valence-corrected chi connectivity index (χ1v) is 8.88. The zero-order valence-corrected chi connectivity index (χ0v) is 14.5. The highest BCUT2D eigenvalue weighted by Gasteiger charge is 2.08. The van der Waals surface area contributed by atoms with Gasteiger partial charge in [0.05, 0.1) is 0 Å². The number of nitrogens with zero attached hydrogens (tertiary/aromatic N) is 1. The van der Waals surface area contributed by atoms with Crippen LogP contribution in [0.25, 0.3) is 32.3 Å². The number of amides is 1. The van der Waals surface area contributed by atoms with Crippen molar-refractivity contribution in [2.75, 3.05) is 5.32 Å². The molecule has 2 aromatic carbocycles. The number of hydrogen-bond donors (Lipinski definition) is 1. The lowest BCUT2D eigenvalue weighted by Gasteiger charge is -2.07. The second kappa shape index (κ2) is 6.49. The fourth-order valence-electron chi connectivity index (χ4n) is 2.93. The van der Waals surface area contributed by atoms with Crippen molar-refractivity contribution in [3.63, 3.8) is 0 Å². The van der Waals surface area contributed by atoms with Gasteiger partial charge >= 0.3 is 0 Å². The molecular formula is C21H16N2OS. The fourth-order valence-corrected chi connectivity index (χ4v) is 3.94. The van der Waals surface area contributed by atoms with Gasteiger partial charge in [0.25, 0.3) is 0 Å². The van der Waals surface area contributed by atoms with Crippen LogP contribution in [0.1, 0.15) is 6.92 Å². The van der Waals surface area contributed by atoms with Crippen molar-refractivity contribution in [2.45, 2.75) is 6.92 Å². The summed E-state index contributed by atoms with van der Waals surface area (Å²) in [6.07, 6.45) is 3.69. The largest absolute Gasteiger partial charge is 0.326 e. The summed E-state index contributed by atoms with van der Waals surface area (Å²) >= 11 is 1.73. The summed E-state index contributed by atoms with van der Waals surface area (Å²) in [5, 5.41) is 6.25. The normalized spacial score (nSPS) is 10.8. The third kappa shape index (κ3) is 3.16. The van der Waals surface area contributed by atoms with Gasteiger partial charge in [0.1, 0.15) is 0 Å². The topological polar surface area (TPSA) is 42.0 Å². The van der Waals surface area contributed by atoms with Crippen molar-refractivity contribution in [1.29, 1.82) is 0 Å². The van der Waals surface area contributed by atoms with Gasteiger partial charge in [-0.25, -0.2) is 0 Å². The number of hydrogen-bond acceptors (Lipinski definition) is 3. The summed E-state index contributed by atoms with van der Waals surface area (Å²) in [7, 11) is 0. The molecule has 0 radical (unpaired) electrons. The molecule has 0 saturated heterocycles. The average molecular weight is 344 g/mol. The lowest BCUT2D eigenvalue weighted by atomic mass is 10.0. The first kappa shape index (κ1) is 15.5. The maximum atomic E-state index is 11.3. The number of nitrogens with one attached hydrogen (secondary N) is 1. The van der Waals surface area contributed by atoms with E-state index in [2.05, 4.69) is 46.0 Å². The Balaban J connectivity index is 1.75. The van der Waals surface area contributed by atoms with Crippen LogP contribution in [-0.2, 0) is 4.79 Å². The number of benzene rings is 2. The fraction of sp³-hybridized carbons (Fsp3) is 0.0476. The SMILES string of the molecule is CC(=O)Nc1cccc(-c2ccc3c(-c4cccnc4)csc3c2)c1. The van der Waals surface area contributed by atoms with Crippen molar-refractivity contribution in [1.82, 2.24) is 4.98 Å². The van der Waals surface area contributed by atoms with Crippen molar-refractivity contribution >= 4 is 33.0 Å². The minimum atomic E-state index is -0.0630. The molecule has 122 valence electrons. The molecule has 4 aromatic rings. The van der Waals surface area contributed by atoms with Gasteiger partial charge < -0.3 is 5.32 Å². The molecule has 4 rings (SSSR count). The summed E-state index contributed by atoms with van der Waals surface area (Å²) < 4.78 is 1.24. The van der Waals surface area contributed by atoms with Gasteiger partial charge in [-0.1, -0.05) is 30.3 Å². The van der Waals surface area contributed by atoms with Crippen molar-refractivity contribution in [3.8, 4) is 22.3 Å². The van der Waals surface area contributed by atoms with E-state index in [4.69, 9.17) is 0 Å². The van der Waals surface area contributed by atoms with E-state index in [1.165, 1.54) is 22.6 Å². The predicted molar refractivity (Wildman–Crippen MR) is 105 cm³/mol. The molecule has 0 aliphatic heterocycles. The van der Waals surface area contributed by atoms with Gasteiger partial charge in [-0.15, -0.1) is 11.3 Å². The molecule has 0 saturated carbocycles. The summed E-state index contributed by atoms with van der Waals surface area (Å²) in [6, 6.07) is 18.4. The van der Waals surface area contributed by atoms with E-state index in [1.54, 1.807) is 17.5 Å². The summed E-state index contributed by atoms with van der Waals surface area (Å²) in [5.74, 6) is -0.0630. The average Bonchev–Trinajstić information content (AvgIpc) is 3.05. The van der Waals surface area contributed by atoms with Gasteiger partial charge in [-0.2, -0.15) is 0 Å². The number of fused-ring (bicyclic) bond motifs is 1. The summed E-state index contributed by atoms with van der Waals surface area (Å²) in [5.41, 5.74) is 5.39. The number of thiophene rings is 1.